The van der Waals surface area contributed by atoms with Gasteiger partial charge in [0.2, 0.25) is 0 Å². The molecule has 1 aromatic carbocycles. The molecule has 1 fully saturated rings. The Balaban J connectivity index is 2.19. The summed E-state index contributed by atoms with van der Waals surface area (Å²) in [4.78, 5) is 0. The fourth-order valence-electron chi connectivity index (χ4n) is 2.09. The smallest absolute Gasteiger partial charge is 0.195 e. The third-order valence-corrected chi connectivity index (χ3v) is 2.99. The minimum absolute atomic E-state index is 0.606. The van der Waals surface area contributed by atoms with Crippen molar-refractivity contribution in [3.8, 4) is 5.75 Å². The van der Waals surface area contributed by atoms with E-state index in [4.69, 9.17) is 19.9 Å². The highest BCUT2D eigenvalue weighted by Crippen LogP contribution is 2.36. The van der Waals surface area contributed by atoms with Gasteiger partial charge in [0.15, 0.2) is 5.79 Å². The van der Waals surface area contributed by atoms with E-state index in [2.05, 4.69) is 0 Å². The van der Waals surface area contributed by atoms with Crippen molar-refractivity contribution in [2.45, 2.75) is 18.6 Å². The maximum absolute atomic E-state index is 5.78. The Bertz CT molecular complexity index is 344. The molecule has 2 N–H and O–H groups in total. The van der Waals surface area contributed by atoms with Crippen molar-refractivity contribution in [2.24, 2.45) is 5.73 Å². The van der Waals surface area contributed by atoms with Crippen LogP contribution in [-0.2, 0) is 15.3 Å². The summed E-state index contributed by atoms with van der Waals surface area (Å²) in [7, 11) is 1.65. The van der Waals surface area contributed by atoms with Crippen LogP contribution in [0.15, 0.2) is 24.3 Å². The van der Waals surface area contributed by atoms with Crippen LogP contribution in [0.4, 0.5) is 0 Å². The summed E-state index contributed by atoms with van der Waals surface area (Å²) in [6.07, 6.45) is 1.67. The van der Waals surface area contributed by atoms with Crippen molar-refractivity contribution >= 4 is 0 Å². The van der Waals surface area contributed by atoms with Gasteiger partial charge in [-0.15, -0.1) is 0 Å². The lowest BCUT2D eigenvalue weighted by Gasteiger charge is -2.27. The Morgan fingerprint density at radius 1 is 1.24 bits per heavy atom. The van der Waals surface area contributed by atoms with Crippen LogP contribution in [0.5, 0.6) is 5.75 Å². The van der Waals surface area contributed by atoms with Crippen molar-refractivity contribution < 1.29 is 14.2 Å². The number of hydrogen-bond donors (Lipinski definition) is 1. The zero-order chi connectivity index (χ0) is 12.1. The van der Waals surface area contributed by atoms with Crippen molar-refractivity contribution in [1.82, 2.24) is 0 Å². The summed E-state index contributed by atoms with van der Waals surface area (Å²) in [5.74, 6) is 0.228. The Kier molecular flexibility index (Phi) is 3.99. The standard InChI is InChI=1S/C13H19NO3/c1-15-12-5-3-11(4-6-12)13(7-2-8-14)16-9-10-17-13/h3-6H,2,7-10,14H2,1H3. The van der Waals surface area contributed by atoms with Crippen molar-refractivity contribution in [1.29, 1.82) is 0 Å². The van der Waals surface area contributed by atoms with Crippen LogP contribution in [-0.4, -0.2) is 26.9 Å². The summed E-state index contributed by atoms with van der Waals surface area (Å²) in [5.41, 5.74) is 6.59. The maximum Gasteiger partial charge on any atom is 0.195 e. The predicted molar refractivity (Wildman–Crippen MR) is 64.9 cm³/mol. The van der Waals surface area contributed by atoms with Gasteiger partial charge >= 0.3 is 0 Å². The molecule has 0 amide bonds. The predicted octanol–water partition coefficient (Wildman–Crippen LogP) is 1.63. The summed E-state index contributed by atoms with van der Waals surface area (Å²) in [6, 6.07) is 7.82. The molecule has 0 saturated carbocycles. The van der Waals surface area contributed by atoms with E-state index in [0.717, 1.165) is 24.2 Å². The largest absolute Gasteiger partial charge is 0.497 e. The van der Waals surface area contributed by atoms with Gasteiger partial charge in [-0.05, 0) is 37.2 Å². The molecule has 1 aromatic rings. The Hall–Kier alpha value is -1.10. The summed E-state index contributed by atoms with van der Waals surface area (Å²) in [6.45, 7) is 1.91. The lowest BCUT2D eigenvalue weighted by Crippen LogP contribution is -2.28. The molecular weight excluding hydrogens is 218 g/mol. The third kappa shape index (κ3) is 2.60. The molecule has 94 valence electrons. The van der Waals surface area contributed by atoms with Crippen LogP contribution in [0.1, 0.15) is 18.4 Å². The van der Waals surface area contributed by atoms with Gasteiger partial charge in [0.05, 0.1) is 20.3 Å². The van der Waals surface area contributed by atoms with E-state index in [0.29, 0.717) is 19.8 Å². The lowest BCUT2D eigenvalue weighted by atomic mass is 10.0. The second kappa shape index (κ2) is 5.49. The maximum atomic E-state index is 5.78. The molecule has 0 unspecified atom stereocenters. The highest BCUT2D eigenvalue weighted by Gasteiger charge is 2.37. The number of ether oxygens (including phenoxy) is 3. The normalized spacial score (nSPS) is 18.2. The van der Waals surface area contributed by atoms with Crippen molar-refractivity contribution in [3.63, 3.8) is 0 Å². The van der Waals surface area contributed by atoms with Crippen LogP contribution in [0.3, 0.4) is 0 Å². The zero-order valence-electron chi connectivity index (χ0n) is 10.1. The van der Waals surface area contributed by atoms with Gasteiger partial charge in [-0.2, -0.15) is 0 Å². The average Bonchev–Trinajstić information content (AvgIpc) is 2.86. The SMILES string of the molecule is COc1ccc(C2(CCCN)OCCO2)cc1. The molecule has 1 saturated heterocycles. The average molecular weight is 237 g/mol. The van der Waals surface area contributed by atoms with Crippen LogP contribution < -0.4 is 10.5 Å². The molecular formula is C13H19NO3. The molecule has 0 bridgehead atoms. The van der Waals surface area contributed by atoms with Gasteiger partial charge in [0, 0.05) is 12.0 Å². The van der Waals surface area contributed by atoms with E-state index in [-0.39, 0.29) is 0 Å². The number of rotatable bonds is 5. The van der Waals surface area contributed by atoms with Gasteiger partial charge in [-0.3, -0.25) is 0 Å². The summed E-state index contributed by atoms with van der Waals surface area (Å²) >= 11 is 0. The Labute approximate surface area is 102 Å². The second-order valence-corrected chi connectivity index (χ2v) is 4.07. The number of nitrogens with two attached hydrogens (primary N) is 1. The lowest BCUT2D eigenvalue weighted by molar-refractivity contribution is -0.171. The zero-order valence-corrected chi connectivity index (χ0v) is 10.1. The number of benzene rings is 1. The van der Waals surface area contributed by atoms with E-state index < -0.39 is 5.79 Å². The van der Waals surface area contributed by atoms with E-state index >= 15 is 0 Å². The minimum Gasteiger partial charge on any atom is -0.497 e. The van der Waals surface area contributed by atoms with Gasteiger partial charge in [-0.25, -0.2) is 0 Å². The fraction of sp³-hybridized carbons (Fsp3) is 0.538. The highest BCUT2D eigenvalue weighted by atomic mass is 16.7. The molecule has 1 heterocycles. The first-order valence-corrected chi connectivity index (χ1v) is 5.93. The molecule has 4 nitrogen and oxygen atoms in total. The van der Waals surface area contributed by atoms with Gasteiger partial charge in [-0.1, -0.05) is 0 Å². The van der Waals surface area contributed by atoms with Gasteiger partial charge in [0.1, 0.15) is 5.75 Å². The summed E-state index contributed by atoms with van der Waals surface area (Å²) in [5, 5.41) is 0. The highest BCUT2D eigenvalue weighted by molar-refractivity contribution is 5.30. The van der Waals surface area contributed by atoms with E-state index in [1.807, 2.05) is 24.3 Å². The molecule has 0 radical (unpaired) electrons. The van der Waals surface area contributed by atoms with Crippen LogP contribution in [0.2, 0.25) is 0 Å². The van der Waals surface area contributed by atoms with Crippen LogP contribution in [0, 0.1) is 0 Å². The molecule has 1 aliphatic heterocycles. The van der Waals surface area contributed by atoms with Crippen LogP contribution in [0.25, 0.3) is 0 Å². The molecule has 0 spiro atoms. The third-order valence-electron chi connectivity index (χ3n) is 2.99. The monoisotopic (exact) mass is 237 g/mol. The van der Waals surface area contributed by atoms with Crippen molar-refractivity contribution in [2.75, 3.05) is 26.9 Å². The first kappa shape index (κ1) is 12.4. The molecule has 2 rings (SSSR count). The molecule has 0 aliphatic carbocycles. The molecule has 4 heteroatoms. The first-order valence-electron chi connectivity index (χ1n) is 5.93. The van der Waals surface area contributed by atoms with E-state index in [9.17, 15) is 0 Å². The number of hydrogen-bond acceptors (Lipinski definition) is 4. The van der Waals surface area contributed by atoms with Crippen molar-refractivity contribution in [3.05, 3.63) is 29.8 Å². The minimum atomic E-state index is -0.606. The van der Waals surface area contributed by atoms with Gasteiger partial charge < -0.3 is 19.9 Å². The van der Waals surface area contributed by atoms with E-state index in [1.165, 1.54) is 0 Å². The van der Waals surface area contributed by atoms with E-state index in [1.54, 1.807) is 7.11 Å². The first-order chi connectivity index (χ1) is 8.30. The Morgan fingerprint density at radius 2 is 1.88 bits per heavy atom. The Morgan fingerprint density at radius 3 is 2.41 bits per heavy atom. The molecule has 17 heavy (non-hydrogen) atoms. The summed E-state index contributed by atoms with van der Waals surface area (Å²) < 4.78 is 16.7. The second-order valence-electron chi connectivity index (χ2n) is 4.07. The van der Waals surface area contributed by atoms with Crippen LogP contribution >= 0.6 is 0 Å². The fourth-order valence-corrected chi connectivity index (χ4v) is 2.09. The topological polar surface area (TPSA) is 53.7 Å². The molecule has 1 aliphatic rings. The van der Waals surface area contributed by atoms with Gasteiger partial charge in [0.25, 0.3) is 0 Å². The quantitative estimate of drug-likeness (QED) is 0.845. The molecule has 0 atom stereocenters. The number of methoxy groups -OCH3 is 1. The molecule has 0 aromatic heterocycles.